The summed E-state index contributed by atoms with van der Waals surface area (Å²) in [6.45, 7) is -0.0381. The number of hydrogen-bond donors (Lipinski definition) is 8. The molecule has 0 aliphatic rings. The molecule has 0 bridgehead atoms. The highest BCUT2D eigenvalue weighted by Crippen LogP contribution is 2.36. The van der Waals surface area contributed by atoms with E-state index in [-0.39, 0.29) is 24.2 Å². The Bertz CT molecular complexity index is 1040. The second kappa shape index (κ2) is 9.04. The predicted molar refractivity (Wildman–Crippen MR) is 112 cm³/mol. The Hall–Kier alpha value is -4.60. The van der Waals surface area contributed by atoms with Crippen molar-refractivity contribution in [2.24, 2.45) is 0 Å². The zero-order valence-corrected chi connectivity index (χ0v) is 16.5. The van der Waals surface area contributed by atoms with Gasteiger partial charge in [-0.1, -0.05) is 0 Å². The molecule has 0 heterocycles. The smallest absolute Gasteiger partial charge is 0.251 e. The van der Waals surface area contributed by atoms with Crippen LogP contribution < -0.4 is 10.6 Å². The Morgan fingerprint density at radius 3 is 1.12 bits per heavy atom. The van der Waals surface area contributed by atoms with Crippen molar-refractivity contribution < 1.29 is 40.2 Å². The highest BCUT2D eigenvalue weighted by molar-refractivity contribution is 5.97. The number of aromatic hydroxyl groups is 6. The fourth-order valence-corrected chi connectivity index (χ4v) is 2.87. The summed E-state index contributed by atoms with van der Waals surface area (Å²) in [5.41, 5.74) is 1.27. The lowest BCUT2D eigenvalue weighted by atomic mass is 10.1. The Labute approximate surface area is 181 Å². The van der Waals surface area contributed by atoms with Crippen LogP contribution >= 0.6 is 0 Å². The Kier molecular flexibility index (Phi) is 6.24. The summed E-state index contributed by atoms with van der Waals surface area (Å²) in [5.74, 6) is -4.26. The van der Waals surface area contributed by atoms with Crippen LogP contribution in [0.15, 0.2) is 48.5 Å². The number of amides is 2. The zero-order valence-electron chi connectivity index (χ0n) is 16.5. The molecule has 3 rings (SSSR count). The SMILES string of the molecule is O=C(NCc1cc(O)c(O)c(O)c1)c1ccc(C(=O)NCc2cc(O)c(O)c(O)c2)cc1. The summed E-state index contributed by atoms with van der Waals surface area (Å²) in [6, 6.07) is 10.6. The maximum Gasteiger partial charge on any atom is 0.251 e. The number of carbonyl (C=O) groups is 2. The third-order valence-corrected chi connectivity index (χ3v) is 4.57. The van der Waals surface area contributed by atoms with E-state index in [4.69, 9.17) is 0 Å². The molecule has 0 aromatic heterocycles. The van der Waals surface area contributed by atoms with Gasteiger partial charge in [-0.05, 0) is 59.7 Å². The molecule has 166 valence electrons. The highest BCUT2D eigenvalue weighted by Gasteiger charge is 2.13. The summed E-state index contributed by atoms with van der Waals surface area (Å²) in [5, 5.41) is 61.9. The molecule has 2 amide bonds. The normalized spacial score (nSPS) is 10.5. The van der Waals surface area contributed by atoms with E-state index in [1.165, 1.54) is 48.5 Å². The van der Waals surface area contributed by atoms with E-state index in [2.05, 4.69) is 10.6 Å². The lowest BCUT2D eigenvalue weighted by Gasteiger charge is -2.09. The standard InChI is InChI=1S/C22H20N2O8/c25-15-5-11(6-16(26)19(15)29)9-23-21(31)13-1-2-14(4-3-13)22(32)24-10-12-7-17(27)20(30)18(28)8-12/h1-8,25-30H,9-10H2,(H,23,31)(H,24,32). The fraction of sp³-hybridized carbons (Fsp3) is 0.0909. The minimum absolute atomic E-state index is 0.0191. The maximum atomic E-state index is 12.3. The number of rotatable bonds is 6. The minimum Gasteiger partial charge on any atom is -0.504 e. The van der Waals surface area contributed by atoms with Crippen molar-refractivity contribution in [2.45, 2.75) is 13.1 Å². The van der Waals surface area contributed by atoms with Crippen LogP contribution in [0, 0.1) is 0 Å². The lowest BCUT2D eigenvalue weighted by molar-refractivity contribution is 0.0939. The summed E-state index contributed by atoms with van der Waals surface area (Å²) in [7, 11) is 0. The van der Waals surface area contributed by atoms with Gasteiger partial charge in [0, 0.05) is 24.2 Å². The molecule has 0 aliphatic carbocycles. The molecule has 3 aromatic carbocycles. The molecule has 32 heavy (non-hydrogen) atoms. The van der Waals surface area contributed by atoms with Gasteiger partial charge in [0.2, 0.25) is 0 Å². The lowest BCUT2D eigenvalue weighted by Crippen LogP contribution is -2.24. The van der Waals surface area contributed by atoms with Gasteiger partial charge in [0.1, 0.15) is 0 Å². The number of phenols is 6. The molecule has 3 aromatic rings. The second-order valence-corrected chi connectivity index (χ2v) is 6.91. The van der Waals surface area contributed by atoms with Crippen LogP contribution in [0.3, 0.4) is 0 Å². The molecule has 8 N–H and O–H groups in total. The van der Waals surface area contributed by atoms with E-state index in [9.17, 15) is 40.2 Å². The van der Waals surface area contributed by atoms with Crippen molar-refractivity contribution in [3.8, 4) is 34.5 Å². The Morgan fingerprint density at radius 2 is 0.844 bits per heavy atom. The molecule has 0 radical (unpaired) electrons. The van der Waals surface area contributed by atoms with Gasteiger partial charge in [-0.25, -0.2) is 0 Å². The van der Waals surface area contributed by atoms with Crippen LogP contribution in [0.25, 0.3) is 0 Å². The number of nitrogens with one attached hydrogen (secondary N) is 2. The largest absolute Gasteiger partial charge is 0.504 e. The molecule has 10 heteroatoms. The fourth-order valence-electron chi connectivity index (χ4n) is 2.87. The molecular weight excluding hydrogens is 420 g/mol. The first-order valence-corrected chi connectivity index (χ1v) is 9.29. The Balaban J connectivity index is 1.58. The van der Waals surface area contributed by atoms with Crippen LogP contribution in [0.5, 0.6) is 34.5 Å². The maximum absolute atomic E-state index is 12.3. The molecular formula is C22H20N2O8. The summed E-state index contributed by atoms with van der Waals surface area (Å²) < 4.78 is 0. The average molecular weight is 440 g/mol. The topological polar surface area (TPSA) is 180 Å². The summed E-state index contributed by atoms with van der Waals surface area (Å²) >= 11 is 0. The van der Waals surface area contributed by atoms with Gasteiger partial charge in [0.15, 0.2) is 34.5 Å². The van der Waals surface area contributed by atoms with Crippen molar-refractivity contribution in [1.29, 1.82) is 0 Å². The van der Waals surface area contributed by atoms with E-state index >= 15 is 0 Å². The van der Waals surface area contributed by atoms with Crippen LogP contribution in [0.2, 0.25) is 0 Å². The van der Waals surface area contributed by atoms with Crippen LogP contribution in [0.1, 0.15) is 31.8 Å². The van der Waals surface area contributed by atoms with E-state index < -0.39 is 46.3 Å². The van der Waals surface area contributed by atoms with Crippen molar-refractivity contribution in [3.63, 3.8) is 0 Å². The predicted octanol–water partition coefficient (Wildman–Crippen LogP) is 1.78. The first kappa shape index (κ1) is 22.1. The number of hydrogen-bond acceptors (Lipinski definition) is 8. The molecule has 0 saturated heterocycles. The molecule has 10 nitrogen and oxygen atoms in total. The van der Waals surface area contributed by atoms with Crippen molar-refractivity contribution in [3.05, 3.63) is 70.8 Å². The summed E-state index contributed by atoms with van der Waals surface area (Å²) in [4.78, 5) is 24.6. The quantitative estimate of drug-likeness (QED) is 0.267. The van der Waals surface area contributed by atoms with Gasteiger partial charge in [0.05, 0.1) is 0 Å². The van der Waals surface area contributed by atoms with Gasteiger partial charge < -0.3 is 41.3 Å². The zero-order chi connectivity index (χ0) is 23.4. The number of phenolic OH excluding ortho intramolecular Hbond substituents is 6. The average Bonchev–Trinajstić information content (AvgIpc) is 2.77. The van der Waals surface area contributed by atoms with Crippen molar-refractivity contribution in [1.82, 2.24) is 10.6 Å². The van der Waals surface area contributed by atoms with Crippen LogP contribution in [0.4, 0.5) is 0 Å². The first-order valence-electron chi connectivity index (χ1n) is 9.29. The van der Waals surface area contributed by atoms with Crippen molar-refractivity contribution in [2.75, 3.05) is 0 Å². The van der Waals surface area contributed by atoms with Gasteiger partial charge in [-0.2, -0.15) is 0 Å². The first-order chi connectivity index (χ1) is 15.2. The Morgan fingerprint density at radius 1 is 0.562 bits per heavy atom. The highest BCUT2D eigenvalue weighted by atomic mass is 16.3. The van der Waals surface area contributed by atoms with E-state index in [0.29, 0.717) is 11.1 Å². The molecule has 0 unspecified atom stereocenters. The molecule has 0 fully saturated rings. The van der Waals surface area contributed by atoms with E-state index in [1.54, 1.807) is 0 Å². The van der Waals surface area contributed by atoms with E-state index in [1.807, 2.05) is 0 Å². The number of benzene rings is 3. The van der Waals surface area contributed by atoms with E-state index in [0.717, 1.165) is 0 Å². The van der Waals surface area contributed by atoms with Gasteiger partial charge >= 0.3 is 0 Å². The van der Waals surface area contributed by atoms with Crippen LogP contribution in [-0.4, -0.2) is 42.5 Å². The molecule has 0 saturated carbocycles. The molecule has 0 aliphatic heterocycles. The third kappa shape index (κ3) is 4.93. The number of carbonyl (C=O) groups excluding carboxylic acids is 2. The minimum atomic E-state index is -0.645. The van der Waals surface area contributed by atoms with Gasteiger partial charge in [-0.15, -0.1) is 0 Å². The summed E-state index contributed by atoms with van der Waals surface area (Å²) in [6.07, 6.45) is 0. The third-order valence-electron chi connectivity index (χ3n) is 4.57. The van der Waals surface area contributed by atoms with Gasteiger partial charge in [0.25, 0.3) is 11.8 Å². The second-order valence-electron chi connectivity index (χ2n) is 6.91. The molecule has 0 atom stereocenters. The van der Waals surface area contributed by atoms with Crippen LogP contribution in [-0.2, 0) is 13.1 Å². The molecule has 0 spiro atoms. The van der Waals surface area contributed by atoms with Gasteiger partial charge in [-0.3, -0.25) is 9.59 Å². The van der Waals surface area contributed by atoms with Crippen molar-refractivity contribution >= 4 is 11.8 Å². The monoisotopic (exact) mass is 440 g/mol.